The molecule has 9 nitrogen and oxygen atoms in total. The van der Waals surface area contributed by atoms with Crippen LogP contribution in [0.4, 0.5) is 5.69 Å². The smallest absolute Gasteiger partial charge is 0.374 e. The van der Waals surface area contributed by atoms with Gasteiger partial charge in [0.2, 0.25) is 5.76 Å². The second-order valence-electron chi connectivity index (χ2n) is 7.85. The van der Waals surface area contributed by atoms with E-state index in [9.17, 15) is 14.9 Å². The average molecular weight is 444 g/mol. The number of hydrogen-bond acceptors (Lipinski definition) is 7. The lowest BCUT2D eigenvalue weighted by Gasteiger charge is -2.06. The van der Waals surface area contributed by atoms with Crippen molar-refractivity contribution >= 4 is 44.8 Å². The number of nitro groups is 1. The summed E-state index contributed by atoms with van der Waals surface area (Å²) in [6.07, 6.45) is 0. The van der Waals surface area contributed by atoms with Gasteiger partial charge in [0.15, 0.2) is 5.65 Å². The summed E-state index contributed by atoms with van der Waals surface area (Å²) in [7, 11) is 0. The summed E-state index contributed by atoms with van der Waals surface area (Å²) in [5.74, 6) is 0.112. The maximum absolute atomic E-state index is 12.0. The minimum atomic E-state index is -0.529. The molecular weight excluding hydrogens is 424 g/mol. The first-order valence-corrected chi connectivity index (χ1v) is 10.5. The zero-order valence-electron chi connectivity index (χ0n) is 18.3. The summed E-state index contributed by atoms with van der Waals surface area (Å²) in [5, 5.41) is 12.0. The normalized spacial score (nSPS) is 11.5. The molecule has 5 rings (SSSR count). The Morgan fingerprint density at radius 1 is 1.09 bits per heavy atom. The number of fused-ring (bicyclic) bond motifs is 4. The molecular formula is C24H20N4O5. The molecule has 2 aromatic carbocycles. The zero-order valence-corrected chi connectivity index (χ0v) is 18.3. The van der Waals surface area contributed by atoms with E-state index in [4.69, 9.17) is 19.1 Å². The Morgan fingerprint density at radius 3 is 2.52 bits per heavy atom. The number of rotatable bonds is 5. The summed E-state index contributed by atoms with van der Waals surface area (Å²) in [6, 6.07) is 11.9. The van der Waals surface area contributed by atoms with Crippen molar-refractivity contribution in [2.75, 3.05) is 6.61 Å². The Bertz CT molecular complexity index is 1580. The Morgan fingerprint density at radius 2 is 1.82 bits per heavy atom. The van der Waals surface area contributed by atoms with E-state index in [0.717, 1.165) is 27.7 Å². The lowest BCUT2D eigenvalue weighted by atomic mass is 10.1. The van der Waals surface area contributed by atoms with Crippen LogP contribution in [0.5, 0.6) is 0 Å². The third-order valence-corrected chi connectivity index (χ3v) is 5.71. The van der Waals surface area contributed by atoms with Gasteiger partial charge in [0.1, 0.15) is 11.3 Å². The molecule has 33 heavy (non-hydrogen) atoms. The highest BCUT2D eigenvalue weighted by molar-refractivity contribution is 6.07. The summed E-state index contributed by atoms with van der Waals surface area (Å²) >= 11 is 0. The van der Waals surface area contributed by atoms with Crippen molar-refractivity contribution in [3.05, 3.63) is 75.2 Å². The number of aryl methyl sites for hydroxylation is 2. The molecule has 0 atom stereocenters. The molecule has 5 aromatic rings. The summed E-state index contributed by atoms with van der Waals surface area (Å²) in [4.78, 5) is 32.6. The van der Waals surface area contributed by atoms with Crippen LogP contribution in [0.25, 0.3) is 33.1 Å². The number of hydrogen-bond donors (Lipinski definition) is 0. The molecule has 3 heterocycles. The number of nitro benzene ring substituents is 1. The SMILES string of the molecule is CCOC(=O)c1ccc(Cn2c3ccc([N+](=O)[O-])cc3c3nc4cc(C)c(C)cc4nc32)o1. The first-order chi connectivity index (χ1) is 15.9. The highest BCUT2D eigenvalue weighted by atomic mass is 16.6. The first-order valence-electron chi connectivity index (χ1n) is 10.5. The van der Waals surface area contributed by atoms with Crippen LogP contribution in [-0.2, 0) is 11.3 Å². The Labute approximate surface area is 187 Å². The number of non-ortho nitro benzene ring substituents is 1. The van der Waals surface area contributed by atoms with Gasteiger partial charge in [0.25, 0.3) is 5.69 Å². The van der Waals surface area contributed by atoms with Gasteiger partial charge >= 0.3 is 5.97 Å². The Balaban J connectivity index is 1.73. The molecule has 0 fully saturated rings. The average Bonchev–Trinajstić information content (AvgIpc) is 3.37. The second-order valence-corrected chi connectivity index (χ2v) is 7.85. The van der Waals surface area contributed by atoms with Gasteiger partial charge in [0, 0.05) is 17.5 Å². The standard InChI is InChI=1S/C24H20N4O5/c1-4-32-24(29)21-8-6-16(33-21)12-27-20-7-5-15(28(30)31)11-17(20)22-23(27)26-19-10-14(3)13(2)9-18(19)25-22/h5-11H,4,12H2,1-3H3. The van der Waals surface area contributed by atoms with E-state index in [2.05, 4.69) is 0 Å². The summed E-state index contributed by atoms with van der Waals surface area (Å²) in [6.45, 7) is 6.27. The van der Waals surface area contributed by atoms with E-state index in [1.807, 2.05) is 30.5 Å². The predicted octanol–water partition coefficient (Wildman–Crippen LogP) is 5.08. The van der Waals surface area contributed by atoms with Crippen molar-refractivity contribution in [2.45, 2.75) is 27.3 Å². The molecule has 3 aromatic heterocycles. The van der Waals surface area contributed by atoms with Gasteiger partial charge in [-0.05, 0) is 62.2 Å². The fourth-order valence-corrected chi connectivity index (χ4v) is 3.94. The molecule has 0 saturated heterocycles. The highest BCUT2D eigenvalue weighted by Gasteiger charge is 2.20. The van der Waals surface area contributed by atoms with Gasteiger partial charge in [-0.25, -0.2) is 14.8 Å². The molecule has 0 bridgehead atoms. The maximum atomic E-state index is 12.0. The van der Waals surface area contributed by atoms with Crippen molar-refractivity contribution in [2.24, 2.45) is 0 Å². The van der Waals surface area contributed by atoms with Crippen LogP contribution >= 0.6 is 0 Å². The molecule has 166 valence electrons. The molecule has 0 unspecified atom stereocenters. The topological polar surface area (TPSA) is 113 Å². The van der Waals surface area contributed by atoms with Crippen LogP contribution in [0.3, 0.4) is 0 Å². The largest absolute Gasteiger partial charge is 0.460 e. The Hall–Kier alpha value is -4.27. The number of aromatic nitrogens is 3. The number of ether oxygens (including phenoxy) is 1. The van der Waals surface area contributed by atoms with E-state index in [0.29, 0.717) is 22.3 Å². The van der Waals surface area contributed by atoms with Crippen LogP contribution in [0.2, 0.25) is 0 Å². The number of nitrogens with zero attached hydrogens (tertiary/aromatic N) is 4. The van der Waals surface area contributed by atoms with Crippen LogP contribution in [0.15, 0.2) is 46.9 Å². The van der Waals surface area contributed by atoms with Gasteiger partial charge in [-0.15, -0.1) is 0 Å². The molecule has 0 aliphatic rings. The second kappa shape index (κ2) is 7.70. The molecule has 0 aliphatic carbocycles. The molecule has 0 aliphatic heterocycles. The summed E-state index contributed by atoms with van der Waals surface area (Å²) in [5.41, 5.74) is 5.50. The van der Waals surface area contributed by atoms with Gasteiger partial charge in [0.05, 0.1) is 34.6 Å². The van der Waals surface area contributed by atoms with E-state index < -0.39 is 10.9 Å². The number of carbonyl (C=O) groups is 1. The highest BCUT2D eigenvalue weighted by Crippen LogP contribution is 2.32. The van der Waals surface area contributed by atoms with E-state index >= 15 is 0 Å². The first kappa shape index (κ1) is 20.6. The molecule has 0 spiro atoms. The Kier molecular flexibility index (Phi) is 4.81. The number of esters is 1. The molecule has 0 amide bonds. The molecule has 0 N–H and O–H groups in total. The lowest BCUT2D eigenvalue weighted by Crippen LogP contribution is -2.03. The predicted molar refractivity (Wildman–Crippen MR) is 122 cm³/mol. The third kappa shape index (κ3) is 3.47. The van der Waals surface area contributed by atoms with E-state index in [1.165, 1.54) is 12.1 Å². The van der Waals surface area contributed by atoms with Crippen molar-refractivity contribution in [1.29, 1.82) is 0 Å². The maximum Gasteiger partial charge on any atom is 0.374 e. The minimum Gasteiger partial charge on any atom is -0.460 e. The van der Waals surface area contributed by atoms with Crippen molar-refractivity contribution < 1.29 is 18.9 Å². The van der Waals surface area contributed by atoms with Crippen molar-refractivity contribution in [3.63, 3.8) is 0 Å². The molecule has 9 heteroatoms. The third-order valence-electron chi connectivity index (χ3n) is 5.71. The van der Waals surface area contributed by atoms with Crippen LogP contribution in [0, 0.1) is 24.0 Å². The number of furan rings is 1. The number of benzene rings is 2. The monoisotopic (exact) mass is 444 g/mol. The van der Waals surface area contributed by atoms with E-state index in [1.54, 1.807) is 25.1 Å². The van der Waals surface area contributed by atoms with Gasteiger partial charge in [-0.1, -0.05) is 0 Å². The van der Waals surface area contributed by atoms with Crippen LogP contribution in [0.1, 0.15) is 34.4 Å². The zero-order chi connectivity index (χ0) is 23.3. The molecule has 0 saturated carbocycles. The van der Waals surface area contributed by atoms with Gasteiger partial charge < -0.3 is 13.7 Å². The van der Waals surface area contributed by atoms with Crippen molar-refractivity contribution in [3.8, 4) is 0 Å². The fourth-order valence-electron chi connectivity index (χ4n) is 3.94. The van der Waals surface area contributed by atoms with Crippen LogP contribution < -0.4 is 0 Å². The summed E-state index contributed by atoms with van der Waals surface area (Å²) < 4.78 is 12.6. The quantitative estimate of drug-likeness (QED) is 0.211. The van der Waals surface area contributed by atoms with Crippen LogP contribution in [-0.4, -0.2) is 32.0 Å². The fraction of sp³-hybridized carbons (Fsp3) is 0.208. The molecule has 0 radical (unpaired) electrons. The van der Waals surface area contributed by atoms with Gasteiger partial charge in [-0.3, -0.25) is 10.1 Å². The minimum absolute atomic E-state index is 0.0221. The van der Waals surface area contributed by atoms with Crippen molar-refractivity contribution in [1.82, 2.24) is 14.5 Å². The van der Waals surface area contributed by atoms with Gasteiger partial charge in [-0.2, -0.15) is 0 Å². The lowest BCUT2D eigenvalue weighted by molar-refractivity contribution is -0.384. The van der Waals surface area contributed by atoms with E-state index in [-0.39, 0.29) is 24.6 Å². The number of carbonyl (C=O) groups excluding carboxylic acids is 1.